The third-order valence-electron chi connectivity index (χ3n) is 6.09. The summed E-state index contributed by atoms with van der Waals surface area (Å²) >= 11 is 5.89. The number of fused-ring (bicyclic) bond motifs is 2. The van der Waals surface area contributed by atoms with Crippen molar-refractivity contribution in [3.8, 4) is 0 Å². The number of benzene rings is 2. The summed E-state index contributed by atoms with van der Waals surface area (Å²) in [5.74, 6) is 1.06. The topological polar surface area (TPSA) is 64.0 Å². The van der Waals surface area contributed by atoms with E-state index in [9.17, 15) is 9.59 Å². The molecule has 1 aromatic heterocycles. The zero-order valence-corrected chi connectivity index (χ0v) is 16.0. The average molecular weight is 394 g/mol. The molecule has 2 aliphatic carbocycles. The van der Waals surface area contributed by atoms with Gasteiger partial charge in [-0.15, -0.1) is 0 Å². The quantitative estimate of drug-likeness (QED) is 0.739. The number of hydrogen-bond acceptors (Lipinski definition) is 3. The summed E-state index contributed by atoms with van der Waals surface area (Å²) in [7, 11) is 0. The third kappa shape index (κ3) is 3.10. The maximum Gasteiger partial charge on any atom is 0.224 e. The first-order chi connectivity index (χ1) is 13.6. The maximum atomic E-state index is 12.3. The van der Waals surface area contributed by atoms with Crippen LogP contribution < -0.4 is 10.7 Å². The SMILES string of the molecule is O=C(Cc1ccc(Cl)cc1)NC1C2CC(n3ncc(=O)c4ccccc43)CC21. The molecule has 2 saturated carbocycles. The van der Waals surface area contributed by atoms with Gasteiger partial charge in [0, 0.05) is 16.5 Å². The number of nitrogens with one attached hydrogen (secondary N) is 1. The summed E-state index contributed by atoms with van der Waals surface area (Å²) in [5, 5.41) is 8.97. The number of carbonyl (C=O) groups is 1. The maximum absolute atomic E-state index is 12.3. The lowest BCUT2D eigenvalue weighted by molar-refractivity contribution is -0.120. The van der Waals surface area contributed by atoms with Gasteiger partial charge < -0.3 is 5.32 Å². The predicted molar refractivity (Wildman–Crippen MR) is 108 cm³/mol. The van der Waals surface area contributed by atoms with Gasteiger partial charge in [-0.3, -0.25) is 14.3 Å². The molecular weight excluding hydrogens is 374 g/mol. The summed E-state index contributed by atoms with van der Waals surface area (Å²) < 4.78 is 2.00. The van der Waals surface area contributed by atoms with Crippen LogP contribution in [0, 0.1) is 11.8 Å². The van der Waals surface area contributed by atoms with E-state index >= 15 is 0 Å². The minimum atomic E-state index is -0.0395. The molecule has 2 aromatic carbocycles. The number of para-hydroxylation sites is 1. The third-order valence-corrected chi connectivity index (χ3v) is 6.34. The van der Waals surface area contributed by atoms with E-state index in [0.717, 1.165) is 23.9 Å². The Morgan fingerprint density at radius 2 is 1.82 bits per heavy atom. The van der Waals surface area contributed by atoms with E-state index in [2.05, 4.69) is 10.4 Å². The Morgan fingerprint density at radius 3 is 2.57 bits per heavy atom. The molecule has 0 saturated heterocycles. The molecular formula is C22H20ClN3O2. The second-order valence-corrected chi connectivity index (χ2v) is 8.26. The van der Waals surface area contributed by atoms with E-state index < -0.39 is 0 Å². The summed E-state index contributed by atoms with van der Waals surface area (Å²) in [5.41, 5.74) is 1.82. The minimum absolute atomic E-state index is 0.0395. The van der Waals surface area contributed by atoms with Gasteiger partial charge in [-0.05, 0) is 54.5 Å². The van der Waals surface area contributed by atoms with Crippen LogP contribution in [0.5, 0.6) is 0 Å². The van der Waals surface area contributed by atoms with Gasteiger partial charge >= 0.3 is 0 Å². The first-order valence-corrected chi connectivity index (χ1v) is 9.98. The van der Waals surface area contributed by atoms with Crippen molar-refractivity contribution in [1.82, 2.24) is 15.1 Å². The van der Waals surface area contributed by atoms with Crippen molar-refractivity contribution in [2.24, 2.45) is 11.8 Å². The fourth-order valence-corrected chi connectivity index (χ4v) is 4.80. The minimum Gasteiger partial charge on any atom is -0.353 e. The molecule has 1 amide bonds. The van der Waals surface area contributed by atoms with E-state index in [1.165, 1.54) is 6.20 Å². The Kier molecular flexibility index (Phi) is 4.20. The lowest BCUT2D eigenvalue weighted by atomic mass is 10.1. The van der Waals surface area contributed by atoms with Crippen LogP contribution in [0.2, 0.25) is 5.02 Å². The van der Waals surface area contributed by atoms with Gasteiger partial charge in [-0.25, -0.2) is 0 Å². The molecule has 2 aliphatic rings. The zero-order chi connectivity index (χ0) is 19.3. The van der Waals surface area contributed by atoms with Crippen molar-refractivity contribution < 1.29 is 4.79 Å². The Bertz CT molecular complexity index is 1100. The molecule has 28 heavy (non-hydrogen) atoms. The van der Waals surface area contributed by atoms with Crippen molar-refractivity contribution in [3.63, 3.8) is 0 Å². The van der Waals surface area contributed by atoms with Crippen molar-refractivity contribution in [2.75, 3.05) is 0 Å². The zero-order valence-electron chi connectivity index (χ0n) is 15.2. The van der Waals surface area contributed by atoms with Crippen LogP contribution in [0.3, 0.4) is 0 Å². The number of amides is 1. The van der Waals surface area contributed by atoms with Gasteiger partial charge in [0.25, 0.3) is 0 Å². The van der Waals surface area contributed by atoms with Crippen molar-refractivity contribution in [1.29, 1.82) is 0 Å². The highest BCUT2D eigenvalue weighted by Gasteiger charge is 2.57. The Hall–Kier alpha value is -2.66. The molecule has 6 heteroatoms. The average Bonchev–Trinajstić information content (AvgIpc) is 3.12. The largest absolute Gasteiger partial charge is 0.353 e. The molecule has 2 atom stereocenters. The smallest absolute Gasteiger partial charge is 0.224 e. The summed E-state index contributed by atoms with van der Waals surface area (Å²) in [6, 6.07) is 15.6. The van der Waals surface area contributed by atoms with E-state index in [4.69, 9.17) is 11.6 Å². The molecule has 142 valence electrons. The van der Waals surface area contributed by atoms with Gasteiger partial charge in [0.2, 0.25) is 11.3 Å². The molecule has 1 heterocycles. The van der Waals surface area contributed by atoms with Crippen LogP contribution in [0.4, 0.5) is 0 Å². The van der Waals surface area contributed by atoms with Crippen LogP contribution in [0.1, 0.15) is 24.4 Å². The second-order valence-electron chi connectivity index (χ2n) is 7.82. The lowest BCUT2D eigenvalue weighted by Crippen LogP contribution is -2.31. The number of rotatable bonds is 4. The normalized spacial score (nSPS) is 25.5. The molecule has 5 rings (SSSR count). The predicted octanol–water partition coefficient (Wildman–Crippen LogP) is 3.36. The second kappa shape index (κ2) is 6.74. The molecule has 0 aliphatic heterocycles. The monoisotopic (exact) mass is 393 g/mol. The number of hydrogen-bond donors (Lipinski definition) is 1. The van der Waals surface area contributed by atoms with Gasteiger partial charge in [0.05, 0.1) is 24.2 Å². The lowest BCUT2D eigenvalue weighted by Gasteiger charge is -2.19. The van der Waals surface area contributed by atoms with Crippen molar-refractivity contribution >= 4 is 28.4 Å². The molecule has 3 aromatic rings. The Morgan fingerprint density at radius 1 is 1.11 bits per heavy atom. The number of halogens is 1. The first kappa shape index (κ1) is 17.4. The van der Waals surface area contributed by atoms with Gasteiger partial charge in [0.1, 0.15) is 0 Å². The highest BCUT2D eigenvalue weighted by molar-refractivity contribution is 6.30. The molecule has 2 fully saturated rings. The molecule has 5 nitrogen and oxygen atoms in total. The van der Waals surface area contributed by atoms with E-state index in [1.54, 1.807) is 0 Å². The Labute approximate surface area is 167 Å². The number of nitrogens with zero attached hydrogens (tertiary/aromatic N) is 2. The van der Waals surface area contributed by atoms with E-state index in [-0.39, 0.29) is 23.4 Å². The van der Waals surface area contributed by atoms with Crippen LogP contribution in [0.15, 0.2) is 59.5 Å². The molecule has 1 N–H and O–H groups in total. The fraction of sp³-hybridized carbons (Fsp3) is 0.318. The van der Waals surface area contributed by atoms with Gasteiger partial charge in [0.15, 0.2) is 0 Å². The highest BCUT2D eigenvalue weighted by Crippen LogP contribution is 2.56. The van der Waals surface area contributed by atoms with Crippen LogP contribution >= 0.6 is 11.6 Å². The number of aromatic nitrogens is 2. The van der Waals surface area contributed by atoms with Gasteiger partial charge in [-0.2, -0.15) is 5.10 Å². The van der Waals surface area contributed by atoms with Gasteiger partial charge in [-0.1, -0.05) is 35.9 Å². The van der Waals surface area contributed by atoms with Crippen LogP contribution in [0.25, 0.3) is 10.9 Å². The highest BCUT2D eigenvalue weighted by atomic mass is 35.5. The standard InChI is InChI=1S/C22H20ClN3O2/c23-14-7-5-13(6-8-14)9-21(28)25-22-17-10-15(11-18(17)22)26-19-4-2-1-3-16(19)20(27)12-24-26/h1-8,12,15,17-18,22H,9-11H2,(H,25,28). The van der Waals surface area contributed by atoms with Crippen LogP contribution in [-0.4, -0.2) is 21.7 Å². The summed E-state index contributed by atoms with van der Waals surface area (Å²) in [6.45, 7) is 0. The summed E-state index contributed by atoms with van der Waals surface area (Å²) in [6.07, 6.45) is 3.76. The van der Waals surface area contributed by atoms with Crippen LogP contribution in [-0.2, 0) is 11.2 Å². The fourth-order valence-electron chi connectivity index (χ4n) is 4.67. The van der Waals surface area contributed by atoms with Crippen molar-refractivity contribution in [3.05, 3.63) is 75.5 Å². The number of carbonyl (C=O) groups excluding carboxylic acids is 1. The van der Waals surface area contributed by atoms with Crippen molar-refractivity contribution in [2.45, 2.75) is 31.3 Å². The van der Waals surface area contributed by atoms with E-state index in [0.29, 0.717) is 28.7 Å². The first-order valence-electron chi connectivity index (χ1n) is 9.60. The molecule has 2 unspecified atom stereocenters. The molecule has 0 radical (unpaired) electrons. The van der Waals surface area contributed by atoms with E-state index in [1.807, 2.05) is 53.2 Å². The summed E-state index contributed by atoms with van der Waals surface area (Å²) in [4.78, 5) is 24.4. The molecule has 0 bridgehead atoms. The molecule has 0 spiro atoms. The Balaban J connectivity index is 1.23.